The van der Waals surface area contributed by atoms with Gasteiger partial charge in [-0.25, -0.2) is 0 Å². The van der Waals surface area contributed by atoms with Gasteiger partial charge in [0.15, 0.2) is 0 Å². The fourth-order valence-electron chi connectivity index (χ4n) is 1.53. The molecule has 0 spiro atoms. The van der Waals surface area contributed by atoms with E-state index in [0.717, 1.165) is 25.8 Å². The first-order valence-electron chi connectivity index (χ1n) is 5.49. The molecule has 2 unspecified atom stereocenters. The molecule has 1 saturated heterocycles. The third-order valence-corrected chi connectivity index (χ3v) is 3.87. The second-order valence-electron chi connectivity index (χ2n) is 3.88. The second kappa shape index (κ2) is 6.75. The molecule has 6 heteroatoms. The van der Waals surface area contributed by atoms with Crippen LogP contribution in [0.15, 0.2) is 0 Å². The topological polar surface area (TPSA) is 92.4 Å². The van der Waals surface area contributed by atoms with Crippen molar-refractivity contribution in [2.45, 2.75) is 37.0 Å². The molecule has 0 bridgehead atoms. The average molecular weight is 246 g/mol. The summed E-state index contributed by atoms with van der Waals surface area (Å²) in [5.41, 5.74) is 5.38. The molecule has 5 nitrogen and oxygen atoms in total. The lowest BCUT2D eigenvalue weighted by Gasteiger charge is -2.13. The van der Waals surface area contributed by atoms with Crippen LogP contribution in [-0.4, -0.2) is 40.6 Å². The first-order chi connectivity index (χ1) is 7.61. The van der Waals surface area contributed by atoms with Crippen molar-refractivity contribution in [3.8, 4) is 0 Å². The standard InChI is InChI=1S/C10H18N2O3S/c11-7(10(14)15)4-6-16-8-3-1-2-5-12-9(8)13/h7-8H,1-6,11H2,(H,12,13)(H,14,15). The number of hydrogen-bond acceptors (Lipinski definition) is 4. The van der Waals surface area contributed by atoms with Crippen LogP contribution in [0.3, 0.4) is 0 Å². The Bertz CT molecular complexity index is 260. The fourth-order valence-corrected chi connectivity index (χ4v) is 2.77. The zero-order valence-corrected chi connectivity index (χ0v) is 9.96. The van der Waals surface area contributed by atoms with Crippen LogP contribution in [0.2, 0.25) is 0 Å². The van der Waals surface area contributed by atoms with Crippen molar-refractivity contribution in [1.82, 2.24) is 5.32 Å². The average Bonchev–Trinajstić information content (AvgIpc) is 2.44. The molecular weight excluding hydrogens is 228 g/mol. The zero-order valence-electron chi connectivity index (χ0n) is 9.15. The Morgan fingerprint density at radius 2 is 2.38 bits per heavy atom. The van der Waals surface area contributed by atoms with E-state index >= 15 is 0 Å². The Hall–Kier alpha value is -0.750. The largest absolute Gasteiger partial charge is 0.480 e. The van der Waals surface area contributed by atoms with Gasteiger partial charge in [0, 0.05) is 6.54 Å². The quantitative estimate of drug-likeness (QED) is 0.644. The Kier molecular flexibility index (Phi) is 5.62. The van der Waals surface area contributed by atoms with Crippen LogP contribution in [0, 0.1) is 0 Å². The number of aliphatic carboxylic acids is 1. The minimum atomic E-state index is -0.981. The molecule has 1 heterocycles. The maximum absolute atomic E-state index is 11.5. The van der Waals surface area contributed by atoms with Crippen LogP contribution in [0.25, 0.3) is 0 Å². The number of carbonyl (C=O) groups excluding carboxylic acids is 1. The van der Waals surface area contributed by atoms with Gasteiger partial charge in [0.2, 0.25) is 5.91 Å². The Labute approximate surface area is 99.1 Å². The van der Waals surface area contributed by atoms with E-state index in [1.165, 1.54) is 11.8 Å². The predicted octanol–water partition coefficient (Wildman–Crippen LogP) is 0.190. The fraction of sp³-hybridized carbons (Fsp3) is 0.800. The number of thioether (sulfide) groups is 1. The predicted molar refractivity (Wildman–Crippen MR) is 63.3 cm³/mol. The van der Waals surface area contributed by atoms with Gasteiger partial charge < -0.3 is 16.2 Å². The van der Waals surface area contributed by atoms with Crippen LogP contribution in [0.4, 0.5) is 0 Å². The van der Waals surface area contributed by atoms with Crippen molar-refractivity contribution < 1.29 is 14.7 Å². The summed E-state index contributed by atoms with van der Waals surface area (Å²) in [4.78, 5) is 22.0. The number of rotatable bonds is 5. The maximum atomic E-state index is 11.5. The molecule has 0 aliphatic carbocycles. The first kappa shape index (κ1) is 13.3. The van der Waals surface area contributed by atoms with E-state index in [1.54, 1.807) is 0 Å². The lowest BCUT2D eigenvalue weighted by molar-refractivity contribution is -0.138. The molecule has 1 fully saturated rings. The van der Waals surface area contributed by atoms with Crippen molar-refractivity contribution in [3.63, 3.8) is 0 Å². The van der Waals surface area contributed by atoms with Crippen LogP contribution < -0.4 is 11.1 Å². The highest BCUT2D eigenvalue weighted by Crippen LogP contribution is 2.20. The number of nitrogens with two attached hydrogens (primary N) is 1. The Balaban J connectivity index is 2.25. The summed E-state index contributed by atoms with van der Waals surface area (Å²) in [7, 11) is 0. The highest BCUT2D eigenvalue weighted by molar-refractivity contribution is 8.00. The van der Waals surface area contributed by atoms with Gasteiger partial charge in [0.1, 0.15) is 6.04 Å². The van der Waals surface area contributed by atoms with Crippen LogP contribution in [0.5, 0.6) is 0 Å². The van der Waals surface area contributed by atoms with Crippen molar-refractivity contribution in [3.05, 3.63) is 0 Å². The summed E-state index contributed by atoms with van der Waals surface area (Å²) in [5.74, 6) is -0.289. The molecule has 1 aliphatic heterocycles. The number of carbonyl (C=O) groups is 2. The van der Waals surface area contributed by atoms with E-state index in [1.807, 2.05) is 0 Å². The van der Waals surface area contributed by atoms with E-state index in [0.29, 0.717) is 12.2 Å². The van der Waals surface area contributed by atoms with E-state index in [9.17, 15) is 9.59 Å². The van der Waals surface area contributed by atoms with Crippen molar-refractivity contribution in [2.75, 3.05) is 12.3 Å². The molecule has 0 saturated carbocycles. The molecule has 0 aromatic carbocycles. The number of hydrogen-bond donors (Lipinski definition) is 3. The lowest BCUT2D eigenvalue weighted by atomic mass is 10.2. The molecular formula is C10H18N2O3S. The van der Waals surface area contributed by atoms with Gasteiger partial charge in [-0.2, -0.15) is 0 Å². The Morgan fingerprint density at radius 3 is 3.06 bits per heavy atom. The van der Waals surface area contributed by atoms with Crippen LogP contribution in [0.1, 0.15) is 25.7 Å². The highest BCUT2D eigenvalue weighted by Gasteiger charge is 2.21. The van der Waals surface area contributed by atoms with Gasteiger partial charge in [-0.1, -0.05) is 6.42 Å². The van der Waals surface area contributed by atoms with Gasteiger partial charge in [-0.05, 0) is 25.0 Å². The summed E-state index contributed by atoms with van der Waals surface area (Å²) in [6, 6.07) is -0.818. The summed E-state index contributed by atoms with van der Waals surface area (Å²) < 4.78 is 0. The SMILES string of the molecule is NC(CCSC1CCCCNC1=O)C(=O)O. The third-order valence-electron chi connectivity index (χ3n) is 2.55. The van der Waals surface area contributed by atoms with Gasteiger partial charge in [-0.3, -0.25) is 9.59 Å². The molecule has 1 aliphatic rings. The summed E-state index contributed by atoms with van der Waals surface area (Å²) >= 11 is 1.51. The van der Waals surface area contributed by atoms with Crippen LogP contribution in [-0.2, 0) is 9.59 Å². The van der Waals surface area contributed by atoms with Gasteiger partial charge in [0.05, 0.1) is 5.25 Å². The Morgan fingerprint density at radius 1 is 1.62 bits per heavy atom. The van der Waals surface area contributed by atoms with E-state index in [2.05, 4.69) is 5.32 Å². The van der Waals surface area contributed by atoms with E-state index < -0.39 is 12.0 Å². The molecule has 0 radical (unpaired) electrons. The van der Waals surface area contributed by atoms with Crippen molar-refractivity contribution >= 4 is 23.6 Å². The minimum absolute atomic E-state index is 0.0384. The van der Waals surface area contributed by atoms with Crippen molar-refractivity contribution in [2.24, 2.45) is 5.73 Å². The summed E-state index contributed by atoms with van der Waals surface area (Å²) in [5, 5.41) is 11.4. The van der Waals surface area contributed by atoms with Gasteiger partial charge in [0.25, 0.3) is 0 Å². The third kappa shape index (κ3) is 4.40. The molecule has 4 N–H and O–H groups in total. The molecule has 16 heavy (non-hydrogen) atoms. The normalized spacial score (nSPS) is 23.3. The second-order valence-corrected chi connectivity index (χ2v) is 5.19. The molecule has 2 atom stereocenters. The number of nitrogens with one attached hydrogen (secondary N) is 1. The zero-order chi connectivity index (χ0) is 12.0. The number of carboxylic acid groups (broad SMARTS) is 1. The van der Waals surface area contributed by atoms with E-state index in [-0.39, 0.29) is 11.2 Å². The number of carboxylic acids is 1. The molecule has 92 valence electrons. The molecule has 0 aromatic rings. The minimum Gasteiger partial charge on any atom is -0.480 e. The highest BCUT2D eigenvalue weighted by atomic mass is 32.2. The molecule has 0 aromatic heterocycles. The lowest BCUT2D eigenvalue weighted by Crippen LogP contribution is -2.33. The summed E-state index contributed by atoms with van der Waals surface area (Å²) in [6.07, 6.45) is 3.35. The van der Waals surface area contributed by atoms with Crippen molar-refractivity contribution in [1.29, 1.82) is 0 Å². The van der Waals surface area contributed by atoms with Crippen LogP contribution >= 0.6 is 11.8 Å². The van der Waals surface area contributed by atoms with Gasteiger partial charge >= 0.3 is 5.97 Å². The summed E-state index contributed by atoms with van der Waals surface area (Å²) in [6.45, 7) is 0.754. The van der Waals surface area contributed by atoms with E-state index in [4.69, 9.17) is 10.8 Å². The smallest absolute Gasteiger partial charge is 0.320 e. The maximum Gasteiger partial charge on any atom is 0.320 e. The monoisotopic (exact) mass is 246 g/mol. The first-order valence-corrected chi connectivity index (χ1v) is 6.54. The molecule has 1 amide bonds. The number of amides is 1. The van der Waals surface area contributed by atoms with Gasteiger partial charge in [-0.15, -0.1) is 11.8 Å². The molecule has 1 rings (SSSR count).